The molecule has 1 aliphatic carbocycles. The third-order valence-electron chi connectivity index (χ3n) is 4.68. The van der Waals surface area contributed by atoms with Gasteiger partial charge in [-0.25, -0.2) is 0 Å². The van der Waals surface area contributed by atoms with Gasteiger partial charge in [-0.1, -0.05) is 35.9 Å². The van der Waals surface area contributed by atoms with Crippen molar-refractivity contribution in [2.45, 2.75) is 37.6 Å². The van der Waals surface area contributed by atoms with E-state index in [1.807, 2.05) is 24.3 Å². The van der Waals surface area contributed by atoms with E-state index in [1.54, 1.807) is 0 Å². The maximum absolute atomic E-state index is 12.5. The number of nitrogens with one attached hydrogen (secondary N) is 1. The van der Waals surface area contributed by atoms with Gasteiger partial charge in [-0.15, -0.1) is 0 Å². The number of hydrogen-bond acceptors (Lipinski definition) is 2. The van der Waals surface area contributed by atoms with E-state index >= 15 is 0 Å². The van der Waals surface area contributed by atoms with Gasteiger partial charge in [0.1, 0.15) is 0 Å². The van der Waals surface area contributed by atoms with E-state index in [9.17, 15) is 4.79 Å². The lowest BCUT2D eigenvalue weighted by Gasteiger charge is -2.39. The first-order chi connectivity index (χ1) is 10.7. The maximum Gasteiger partial charge on any atom is 0.221 e. The van der Waals surface area contributed by atoms with Crippen LogP contribution < -0.4 is 5.32 Å². The number of hydrogen-bond donors (Lipinski definition) is 1. The molecule has 4 heteroatoms. The summed E-state index contributed by atoms with van der Waals surface area (Å²) < 4.78 is 5.50. The van der Waals surface area contributed by atoms with Crippen LogP contribution in [0.4, 0.5) is 0 Å². The third-order valence-corrected chi connectivity index (χ3v) is 4.93. The van der Waals surface area contributed by atoms with Crippen LogP contribution >= 0.6 is 11.6 Å². The van der Waals surface area contributed by atoms with E-state index in [-0.39, 0.29) is 11.4 Å². The van der Waals surface area contributed by atoms with E-state index in [0.717, 1.165) is 31.2 Å². The van der Waals surface area contributed by atoms with Crippen molar-refractivity contribution in [3.8, 4) is 0 Å². The van der Waals surface area contributed by atoms with Crippen molar-refractivity contribution in [1.82, 2.24) is 5.32 Å². The van der Waals surface area contributed by atoms with Crippen LogP contribution in [0.15, 0.2) is 36.4 Å². The molecular weight excluding hydrogens is 298 g/mol. The second kappa shape index (κ2) is 6.84. The molecule has 2 aliphatic rings. The Kier molecular flexibility index (Phi) is 4.84. The zero-order chi connectivity index (χ0) is 15.4. The summed E-state index contributed by atoms with van der Waals surface area (Å²) in [7, 11) is 0. The van der Waals surface area contributed by atoms with Gasteiger partial charge in [0.25, 0.3) is 0 Å². The van der Waals surface area contributed by atoms with Gasteiger partial charge in [-0.3, -0.25) is 4.79 Å². The van der Waals surface area contributed by atoms with Crippen LogP contribution in [0.1, 0.15) is 37.7 Å². The highest BCUT2D eigenvalue weighted by Gasteiger charge is 2.36. The maximum atomic E-state index is 12.5. The quantitative estimate of drug-likeness (QED) is 0.857. The van der Waals surface area contributed by atoms with Gasteiger partial charge in [0.05, 0.1) is 5.54 Å². The Bertz CT molecular complexity index is 547. The molecule has 3 rings (SSSR count). The number of allylic oxidation sites excluding steroid dienone is 2. The Morgan fingerprint density at radius 3 is 2.64 bits per heavy atom. The van der Waals surface area contributed by atoms with Crippen LogP contribution in [0, 0.1) is 5.92 Å². The van der Waals surface area contributed by atoms with E-state index < -0.39 is 0 Å². The molecule has 22 heavy (non-hydrogen) atoms. The molecule has 1 aliphatic heterocycles. The highest BCUT2D eigenvalue weighted by Crippen LogP contribution is 2.33. The first-order valence-electron chi connectivity index (χ1n) is 7.99. The first-order valence-corrected chi connectivity index (χ1v) is 8.37. The van der Waals surface area contributed by atoms with Crippen LogP contribution in [0.2, 0.25) is 5.02 Å². The molecule has 0 spiro atoms. The predicted molar refractivity (Wildman–Crippen MR) is 87.8 cm³/mol. The molecule has 1 saturated heterocycles. The zero-order valence-electron chi connectivity index (χ0n) is 12.7. The van der Waals surface area contributed by atoms with Crippen LogP contribution in [0.3, 0.4) is 0 Å². The minimum Gasteiger partial charge on any atom is -0.381 e. The van der Waals surface area contributed by atoms with Crippen LogP contribution in [0.5, 0.6) is 0 Å². The lowest BCUT2D eigenvalue weighted by molar-refractivity contribution is -0.125. The molecule has 0 radical (unpaired) electrons. The van der Waals surface area contributed by atoms with Crippen molar-refractivity contribution >= 4 is 17.5 Å². The highest BCUT2D eigenvalue weighted by molar-refractivity contribution is 6.30. The standard InChI is InChI=1S/C18H22ClNO2/c19-16-7-5-15(6-8-16)18(9-11-22-12-10-18)20-17(21)13-14-3-1-2-4-14/h1,3,5-8,14H,2,4,9-13H2,(H,20,21). The Balaban J connectivity index is 1.75. The van der Waals surface area contributed by atoms with Gasteiger partial charge in [0, 0.05) is 24.7 Å². The van der Waals surface area contributed by atoms with Crippen molar-refractivity contribution in [2.24, 2.45) is 5.92 Å². The molecule has 1 aromatic rings. The predicted octanol–water partition coefficient (Wildman–Crippen LogP) is 3.82. The summed E-state index contributed by atoms with van der Waals surface area (Å²) in [5, 5.41) is 4.02. The Morgan fingerprint density at radius 1 is 1.27 bits per heavy atom. The van der Waals surface area contributed by atoms with Gasteiger partial charge in [-0.2, -0.15) is 0 Å². The summed E-state index contributed by atoms with van der Waals surface area (Å²) >= 11 is 6.00. The van der Waals surface area contributed by atoms with E-state index in [2.05, 4.69) is 17.5 Å². The SMILES string of the molecule is O=C(CC1C=CCC1)NC1(c2ccc(Cl)cc2)CCOCC1. The number of halogens is 1. The fraction of sp³-hybridized carbons (Fsp3) is 0.500. The van der Waals surface area contributed by atoms with E-state index in [4.69, 9.17) is 16.3 Å². The molecule has 1 amide bonds. The highest BCUT2D eigenvalue weighted by atomic mass is 35.5. The molecule has 1 heterocycles. The van der Waals surface area contributed by atoms with Gasteiger partial charge in [0.15, 0.2) is 0 Å². The monoisotopic (exact) mass is 319 g/mol. The van der Waals surface area contributed by atoms with Crippen molar-refractivity contribution in [3.63, 3.8) is 0 Å². The summed E-state index contributed by atoms with van der Waals surface area (Å²) in [5.74, 6) is 0.524. The smallest absolute Gasteiger partial charge is 0.221 e. The van der Waals surface area contributed by atoms with Gasteiger partial charge >= 0.3 is 0 Å². The molecule has 1 N–H and O–H groups in total. The zero-order valence-corrected chi connectivity index (χ0v) is 13.4. The van der Waals surface area contributed by atoms with Gasteiger partial charge in [-0.05, 0) is 49.3 Å². The second-order valence-corrected chi connectivity index (χ2v) is 6.66. The normalized spacial score (nSPS) is 23.4. The van der Waals surface area contributed by atoms with Crippen molar-refractivity contribution in [2.75, 3.05) is 13.2 Å². The van der Waals surface area contributed by atoms with Crippen molar-refractivity contribution in [1.29, 1.82) is 0 Å². The molecule has 1 fully saturated rings. The fourth-order valence-corrected chi connectivity index (χ4v) is 3.52. The molecule has 0 aromatic heterocycles. The molecule has 0 saturated carbocycles. The first kappa shape index (κ1) is 15.6. The molecular formula is C18H22ClNO2. The lowest BCUT2D eigenvalue weighted by atomic mass is 9.82. The number of benzene rings is 1. The minimum absolute atomic E-state index is 0.133. The molecule has 1 atom stereocenters. The average Bonchev–Trinajstić information content (AvgIpc) is 3.01. The van der Waals surface area contributed by atoms with Gasteiger partial charge in [0.2, 0.25) is 5.91 Å². The van der Waals surface area contributed by atoms with E-state index in [1.165, 1.54) is 0 Å². The molecule has 1 aromatic carbocycles. The second-order valence-electron chi connectivity index (χ2n) is 6.22. The summed E-state index contributed by atoms with van der Waals surface area (Å²) in [4.78, 5) is 12.5. The van der Waals surface area contributed by atoms with Crippen LogP contribution in [-0.2, 0) is 15.1 Å². The van der Waals surface area contributed by atoms with Crippen molar-refractivity contribution < 1.29 is 9.53 Å². The number of ether oxygens (including phenoxy) is 1. The van der Waals surface area contributed by atoms with E-state index in [0.29, 0.717) is 30.6 Å². The number of carbonyl (C=O) groups excluding carboxylic acids is 1. The molecule has 0 bridgehead atoms. The Morgan fingerprint density at radius 2 is 2.00 bits per heavy atom. The topological polar surface area (TPSA) is 38.3 Å². The summed E-state index contributed by atoms with van der Waals surface area (Å²) in [6, 6.07) is 7.81. The summed E-state index contributed by atoms with van der Waals surface area (Å²) in [6.45, 7) is 1.35. The van der Waals surface area contributed by atoms with Gasteiger partial charge < -0.3 is 10.1 Å². The Labute approximate surface area is 136 Å². The number of amides is 1. The Hall–Kier alpha value is -1.32. The lowest BCUT2D eigenvalue weighted by Crippen LogP contribution is -2.49. The van der Waals surface area contributed by atoms with Crippen LogP contribution in [-0.4, -0.2) is 19.1 Å². The largest absolute Gasteiger partial charge is 0.381 e. The van der Waals surface area contributed by atoms with Crippen LogP contribution in [0.25, 0.3) is 0 Å². The molecule has 1 unspecified atom stereocenters. The minimum atomic E-state index is -0.317. The average molecular weight is 320 g/mol. The molecule has 3 nitrogen and oxygen atoms in total. The third kappa shape index (κ3) is 3.53. The molecule has 118 valence electrons. The summed E-state index contributed by atoms with van der Waals surface area (Å²) in [6.07, 6.45) is 8.70. The van der Waals surface area contributed by atoms with Crippen molar-refractivity contribution in [3.05, 3.63) is 47.0 Å². The number of carbonyl (C=O) groups is 1. The number of rotatable bonds is 4. The summed E-state index contributed by atoms with van der Waals surface area (Å²) in [5.41, 5.74) is 0.804. The fourth-order valence-electron chi connectivity index (χ4n) is 3.40.